The molecular formula is C18H17NO4S. The summed E-state index contributed by atoms with van der Waals surface area (Å²) in [6.45, 7) is 0.529. The summed E-state index contributed by atoms with van der Waals surface area (Å²) < 4.78 is 29.9. The lowest BCUT2D eigenvalue weighted by atomic mass is 10.1. The normalized spacial score (nSPS) is 11.6. The molecule has 0 amide bonds. The van der Waals surface area contributed by atoms with E-state index in [2.05, 4.69) is 0 Å². The zero-order valence-electron chi connectivity index (χ0n) is 13.4. The molecule has 0 fully saturated rings. The first kappa shape index (κ1) is 16.3. The summed E-state index contributed by atoms with van der Waals surface area (Å²) in [5.41, 5.74) is 2.25. The number of hydrogen-bond acceptors (Lipinski definition) is 4. The van der Waals surface area contributed by atoms with Crippen LogP contribution in [0.4, 0.5) is 0 Å². The highest BCUT2D eigenvalue weighted by Crippen LogP contribution is 2.22. The third-order valence-electron chi connectivity index (χ3n) is 3.90. The highest BCUT2D eigenvalue weighted by atomic mass is 32.2. The van der Waals surface area contributed by atoms with Gasteiger partial charge in [-0.3, -0.25) is 0 Å². The van der Waals surface area contributed by atoms with Crippen LogP contribution in [0.2, 0.25) is 0 Å². The van der Waals surface area contributed by atoms with Gasteiger partial charge in [0.1, 0.15) is 0 Å². The molecule has 1 aromatic heterocycles. The van der Waals surface area contributed by atoms with Gasteiger partial charge >= 0.3 is 5.97 Å². The van der Waals surface area contributed by atoms with Gasteiger partial charge in [0.15, 0.2) is 9.84 Å². The van der Waals surface area contributed by atoms with Gasteiger partial charge in [0, 0.05) is 24.4 Å². The number of aromatic nitrogens is 1. The second-order valence-corrected chi connectivity index (χ2v) is 7.61. The van der Waals surface area contributed by atoms with Crippen LogP contribution in [0.1, 0.15) is 15.9 Å². The van der Waals surface area contributed by atoms with Crippen LogP contribution in [0.3, 0.4) is 0 Å². The molecule has 2 aromatic carbocycles. The Morgan fingerprint density at radius 3 is 2.42 bits per heavy atom. The van der Waals surface area contributed by atoms with E-state index in [9.17, 15) is 13.2 Å². The fourth-order valence-electron chi connectivity index (χ4n) is 2.71. The van der Waals surface area contributed by atoms with Crippen molar-refractivity contribution in [2.45, 2.75) is 11.4 Å². The second kappa shape index (κ2) is 6.13. The van der Waals surface area contributed by atoms with Crippen LogP contribution in [-0.2, 0) is 21.1 Å². The highest BCUT2D eigenvalue weighted by molar-refractivity contribution is 7.90. The van der Waals surface area contributed by atoms with Crippen LogP contribution >= 0.6 is 0 Å². The third kappa shape index (κ3) is 3.05. The first-order valence-corrected chi connectivity index (χ1v) is 9.24. The van der Waals surface area contributed by atoms with Crippen LogP contribution in [0.5, 0.6) is 0 Å². The smallest absolute Gasteiger partial charge is 0.340 e. The molecule has 0 atom stereocenters. The molecule has 0 saturated carbocycles. The summed E-state index contributed by atoms with van der Waals surface area (Å²) in [7, 11) is -1.85. The van der Waals surface area contributed by atoms with E-state index in [-0.39, 0.29) is 5.97 Å². The SMILES string of the molecule is COC(=O)c1cccc2ccn(Cc3ccc(S(C)(=O)=O)cc3)c12. The lowest BCUT2D eigenvalue weighted by molar-refractivity contribution is 0.0602. The third-order valence-corrected chi connectivity index (χ3v) is 5.03. The Morgan fingerprint density at radius 1 is 1.08 bits per heavy atom. The molecule has 0 N–H and O–H groups in total. The minimum atomic E-state index is -3.21. The number of carbonyl (C=O) groups excluding carboxylic acids is 1. The van der Waals surface area contributed by atoms with E-state index in [4.69, 9.17) is 4.74 Å². The van der Waals surface area contributed by atoms with Crippen LogP contribution < -0.4 is 0 Å². The van der Waals surface area contributed by atoms with E-state index in [1.54, 1.807) is 30.3 Å². The molecule has 6 heteroatoms. The quantitative estimate of drug-likeness (QED) is 0.683. The Balaban J connectivity index is 2.00. The van der Waals surface area contributed by atoms with Gasteiger partial charge < -0.3 is 9.30 Å². The van der Waals surface area contributed by atoms with Crippen molar-refractivity contribution in [1.29, 1.82) is 0 Å². The zero-order chi connectivity index (χ0) is 17.3. The predicted molar refractivity (Wildman–Crippen MR) is 91.9 cm³/mol. The number of sulfone groups is 1. The maximum atomic E-state index is 12.0. The molecule has 0 aliphatic carbocycles. The number of hydrogen-bond donors (Lipinski definition) is 0. The number of ether oxygens (including phenoxy) is 1. The molecule has 3 aromatic rings. The summed E-state index contributed by atoms with van der Waals surface area (Å²) in [5.74, 6) is -0.382. The molecule has 124 valence electrons. The lowest BCUT2D eigenvalue weighted by Gasteiger charge is -2.09. The van der Waals surface area contributed by atoms with E-state index in [0.717, 1.165) is 16.5 Å². The standard InChI is InChI=1S/C18H17NO4S/c1-23-18(20)16-5-3-4-14-10-11-19(17(14)16)12-13-6-8-15(9-7-13)24(2,21)22/h3-11H,12H2,1-2H3. The molecule has 0 bridgehead atoms. The summed E-state index contributed by atoms with van der Waals surface area (Å²) in [4.78, 5) is 12.3. The Bertz CT molecular complexity index is 1000. The maximum absolute atomic E-state index is 12.0. The first-order valence-electron chi connectivity index (χ1n) is 7.35. The van der Waals surface area contributed by atoms with Gasteiger partial charge in [0.05, 0.1) is 23.1 Å². The van der Waals surface area contributed by atoms with Crippen molar-refractivity contribution in [2.24, 2.45) is 0 Å². The molecule has 1 heterocycles. The van der Waals surface area contributed by atoms with Crippen molar-refractivity contribution in [1.82, 2.24) is 4.57 Å². The second-order valence-electron chi connectivity index (χ2n) is 5.59. The molecule has 0 unspecified atom stereocenters. The van der Waals surface area contributed by atoms with Crippen LogP contribution in [0.15, 0.2) is 59.6 Å². The Hall–Kier alpha value is -2.60. The number of para-hydroxylation sites is 1. The van der Waals surface area contributed by atoms with Crippen molar-refractivity contribution in [3.8, 4) is 0 Å². The van der Waals surface area contributed by atoms with Crippen molar-refractivity contribution in [3.05, 3.63) is 65.9 Å². The fraction of sp³-hybridized carbons (Fsp3) is 0.167. The number of methoxy groups -OCH3 is 1. The fourth-order valence-corrected chi connectivity index (χ4v) is 3.34. The summed E-state index contributed by atoms with van der Waals surface area (Å²) in [5, 5.41) is 0.950. The minimum absolute atomic E-state index is 0.291. The highest BCUT2D eigenvalue weighted by Gasteiger charge is 2.14. The molecule has 0 saturated heterocycles. The zero-order valence-corrected chi connectivity index (χ0v) is 14.2. The van der Waals surface area contributed by atoms with Crippen molar-refractivity contribution < 1.29 is 17.9 Å². The average Bonchev–Trinajstić information content (AvgIpc) is 2.97. The van der Waals surface area contributed by atoms with Gasteiger partial charge in [0.2, 0.25) is 0 Å². The summed E-state index contributed by atoms with van der Waals surface area (Å²) in [6.07, 6.45) is 3.09. The average molecular weight is 343 g/mol. The van der Waals surface area contributed by atoms with Crippen LogP contribution in [-0.4, -0.2) is 32.3 Å². The number of carbonyl (C=O) groups is 1. The van der Waals surface area contributed by atoms with Gasteiger partial charge in [-0.15, -0.1) is 0 Å². The van der Waals surface area contributed by atoms with Gasteiger partial charge in [-0.05, 0) is 29.8 Å². The van der Waals surface area contributed by atoms with Crippen LogP contribution in [0, 0.1) is 0 Å². The number of benzene rings is 2. The number of fused-ring (bicyclic) bond motifs is 1. The lowest BCUT2D eigenvalue weighted by Crippen LogP contribution is -2.06. The van der Waals surface area contributed by atoms with E-state index in [1.165, 1.54) is 13.4 Å². The van der Waals surface area contributed by atoms with E-state index in [0.29, 0.717) is 17.0 Å². The van der Waals surface area contributed by atoms with E-state index in [1.807, 2.05) is 29.0 Å². The van der Waals surface area contributed by atoms with Gasteiger partial charge in [-0.2, -0.15) is 0 Å². The maximum Gasteiger partial charge on any atom is 0.340 e. The summed E-state index contributed by atoms with van der Waals surface area (Å²) >= 11 is 0. The first-order chi connectivity index (χ1) is 11.4. The summed E-state index contributed by atoms with van der Waals surface area (Å²) in [6, 6.07) is 14.2. The Labute approximate surface area is 140 Å². The Kier molecular flexibility index (Phi) is 4.15. The molecule has 3 rings (SSSR count). The van der Waals surface area contributed by atoms with Crippen molar-refractivity contribution in [3.63, 3.8) is 0 Å². The molecule has 5 nitrogen and oxygen atoms in total. The molecule has 24 heavy (non-hydrogen) atoms. The van der Waals surface area contributed by atoms with Crippen LogP contribution in [0.25, 0.3) is 10.9 Å². The Morgan fingerprint density at radius 2 is 1.79 bits per heavy atom. The van der Waals surface area contributed by atoms with Gasteiger partial charge in [-0.1, -0.05) is 24.3 Å². The topological polar surface area (TPSA) is 65.4 Å². The number of esters is 1. The van der Waals surface area contributed by atoms with E-state index < -0.39 is 9.84 Å². The van der Waals surface area contributed by atoms with Gasteiger partial charge in [-0.25, -0.2) is 13.2 Å². The minimum Gasteiger partial charge on any atom is -0.465 e. The molecule has 0 radical (unpaired) electrons. The number of nitrogens with zero attached hydrogens (tertiary/aromatic N) is 1. The van der Waals surface area contributed by atoms with Crippen molar-refractivity contribution in [2.75, 3.05) is 13.4 Å². The van der Waals surface area contributed by atoms with Gasteiger partial charge in [0.25, 0.3) is 0 Å². The molecule has 0 aliphatic heterocycles. The molecule has 0 aliphatic rings. The predicted octanol–water partition coefficient (Wildman–Crippen LogP) is 2.88. The van der Waals surface area contributed by atoms with E-state index >= 15 is 0 Å². The van der Waals surface area contributed by atoms with Crippen molar-refractivity contribution >= 4 is 26.7 Å². The molecule has 0 spiro atoms. The monoisotopic (exact) mass is 343 g/mol. The molecular weight excluding hydrogens is 326 g/mol. The number of rotatable bonds is 4. The largest absolute Gasteiger partial charge is 0.465 e.